The molecule has 1 atom stereocenters. The van der Waals surface area contributed by atoms with Crippen molar-refractivity contribution in [2.24, 2.45) is 0 Å². The maximum Gasteiger partial charge on any atom is 0.193 e. The minimum atomic E-state index is -0.687. The van der Waals surface area contributed by atoms with Gasteiger partial charge in [0.2, 0.25) is 0 Å². The van der Waals surface area contributed by atoms with Crippen LogP contribution in [-0.4, -0.2) is 26.4 Å². The number of ether oxygens (including phenoxy) is 4. The smallest absolute Gasteiger partial charge is 0.193 e. The van der Waals surface area contributed by atoms with Gasteiger partial charge in [-0.05, 0) is 165 Å². The first kappa shape index (κ1) is 55.4. The van der Waals surface area contributed by atoms with Crippen molar-refractivity contribution in [3.63, 3.8) is 0 Å². The Hall–Kier alpha value is -5.74. The molecular formula is C75H78O4S3. The highest BCUT2D eigenvalue weighted by Crippen LogP contribution is 2.69. The van der Waals surface area contributed by atoms with E-state index < -0.39 is 10.8 Å². The lowest BCUT2D eigenvalue weighted by Gasteiger charge is -2.40. The van der Waals surface area contributed by atoms with E-state index in [1.807, 2.05) is 11.3 Å². The Morgan fingerprint density at radius 1 is 0.378 bits per heavy atom. The molecule has 2 saturated heterocycles. The van der Waals surface area contributed by atoms with Crippen molar-refractivity contribution in [3.05, 3.63) is 234 Å². The molecule has 4 nitrogen and oxygen atoms in total. The molecule has 0 saturated carbocycles. The molecular weight excluding hydrogens is 1060 g/mol. The zero-order valence-electron chi connectivity index (χ0n) is 48.5. The summed E-state index contributed by atoms with van der Waals surface area (Å²) < 4.78 is 24.3. The molecule has 0 amide bonds. The monoisotopic (exact) mass is 1140 g/mol. The highest BCUT2D eigenvalue weighted by molar-refractivity contribution is 7.19. The van der Waals surface area contributed by atoms with Gasteiger partial charge in [-0.25, -0.2) is 0 Å². The van der Waals surface area contributed by atoms with Gasteiger partial charge in [0.05, 0.1) is 47.0 Å². The summed E-state index contributed by atoms with van der Waals surface area (Å²) in [6, 6.07) is 63.3. The lowest BCUT2D eigenvalue weighted by molar-refractivity contribution is -0.0415. The molecule has 13 rings (SSSR count). The fourth-order valence-electron chi connectivity index (χ4n) is 13.9. The number of unbranched alkanes of at least 4 members (excludes halogenated alkanes) is 9. The third-order valence-corrected chi connectivity index (χ3v) is 21.7. The summed E-state index contributed by atoms with van der Waals surface area (Å²) in [5, 5.41) is 0. The van der Waals surface area contributed by atoms with Crippen molar-refractivity contribution < 1.29 is 18.9 Å². The zero-order valence-corrected chi connectivity index (χ0v) is 50.9. The SMILES string of the molecule is CCCCCCc1ccc(C2(c3ccc(C)cc3)c3cc(-c4ccc(C5OCCO5)s4)ccc3-c3sc4c(c32)C(c2ccc(CCCCCC)cc2)(c2ccc(CCCCCC)cc2)c2cc(-c3ccc(C5OCCO5)s3)ccc2-4)cc1. The third kappa shape index (κ3) is 10.1. The average Bonchev–Trinajstić information content (AvgIpc) is 1.70. The van der Waals surface area contributed by atoms with Crippen LogP contribution in [0.3, 0.4) is 0 Å². The molecule has 0 bridgehead atoms. The fraction of sp³-hybridized carbons (Fsp3) is 0.360. The highest BCUT2D eigenvalue weighted by Gasteiger charge is 2.57. The van der Waals surface area contributed by atoms with E-state index in [2.05, 4.69) is 185 Å². The Bertz CT molecular complexity index is 3570. The van der Waals surface area contributed by atoms with E-state index >= 15 is 0 Å². The maximum atomic E-state index is 6.07. The lowest BCUT2D eigenvalue weighted by Crippen LogP contribution is -2.35. The van der Waals surface area contributed by atoms with E-state index in [-0.39, 0.29) is 12.6 Å². The van der Waals surface area contributed by atoms with Gasteiger partial charge in [-0.2, -0.15) is 0 Å². The number of hydrogen-bond donors (Lipinski definition) is 0. The summed E-state index contributed by atoms with van der Waals surface area (Å²) in [7, 11) is 0. The Labute approximate surface area is 499 Å². The molecule has 9 aromatic rings. The van der Waals surface area contributed by atoms with Crippen molar-refractivity contribution in [1.82, 2.24) is 0 Å². The van der Waals surface area contributed by atoms with Crippen LogP contribution in [0.1, 0.15) is 187 Å². The first-order chi connectivity index (χ1) is 40.4. The number of hydrogen-bond acceptors (Lipinski definition) is 7. The molecule has 420 valence electrons. The molecule has 6 aromatic carbocycles. The second kappa shape index (κ2) is 24.5. The fourth-order valence-corrected chi connectivity index (χ4v) is 17.4. The molecule has 0 radical (unpaired) electrons. The molecule has 2 aliphatic heterocycles. The summed E-state index contributed by atoms with van der Waals surface area (Å²) in [5.74, 6) is 0. The normalized spacial score (nSPS) is 17.2. The van der Waals surface area contributed by atoms with Gasteiger partial charge >= 0.3 is 0 Å². The predicted octanol–water partition coefficient (Wildman–Crippen LogP) is 20.7. The highest BCUT2D eigenvalue weighted by atomic mass is 32.1. The lowest BCUT2D eigenvalue weighted by atomic mass is 9.61. The van der Waals surface area contributed by atoms with Crippen LogP contribution in [0.25, 0.3) is 41.8 Å². The van der Waals surface area contributed by atoms with Crippen LogP contribution in [0.4, 0.5) is 0 Å². The van der Waals surface area contributed by atoms with E-state index in [1.165, 1.54) is 186 Å². The number of rotatable bonds is 23. The van der Waals surface area contributed by atoms with Crippen LogP contribution in [0.2, 0.25) is 0 Å². The van der Waals surface area contributed by atoms with Crippen molar-refractivity contribution in [2.45, 2.75) is 147 Å². The van der Waals surface area contributed by atoms with E-state index in [0.717, 1.165) is 29.0 Å². The Morgan fingerprint density at radius 2 is 0.732 bits per heavy atom. The molecule has 0 spiro atoms. The van der Waals surface area contributed by atoms with Crippen molar-refractivity contribution >= 4 is 34.0 Å². The topological polar surface area (TPSA) is 36.9 Å². The molecule has 0 N–H and O–H groups in total. The Kier molecular flexibility index (Phi) is 16.5. The molecule has 7 heteroatoms. The first-order valence-electron chi connectivity index (χ1n) is 30.9. The van der Waals surface area contributed by atoms with Crippen LogP contribution in [0.5, 0.6) is 0 Å². The van der Waals surface area contributed by atoms with Gasteiger partial charge in [0.1, 0.15) is 0 Å². The average molecular weight is 1140 g/mol. The number of thiophene rings is 3. The summed E-state index contributed by atoms with van der Waals surface area (Å²) >= 11 is 5.61. The van der Waals surface area contributed by atoms with E-state index in [9.17, 15) is 0 Å². The summed E-state index contributed by atoms with van der Waals surface area (Å²) in [6.07, 6.45) is 17.6. The van der Waals surface area contributed by atoms with Gasteiger partial charge < -0.3 is 18.9 Å². The second-order valence-corrected chi connectivity index (χ2v) is 26.7. The maximum absolute atomic E-state index is 6.07. The van der Waals surface area contributed by atoms with E-state index in [1.54, 1.807) is 22.7 Å². The van der Waals surface area contributed by atoms with Crippen LogP contribution < -0.4 is 0 Å². The van der Waals surface area contributed by atoms with Crippen molar-refractivity contribution in [1.29, 1.82) is 0 Å². The predicted molar refractivity (Wildman–Crippen MR) is 343 cm³/mol. The molecule has 82 heavy (non-hydrogen) atoms. The van der Waals surface area contributed by atoms with Crippen molar-refractivity contribution in [2.75, 3.05) is 26.4 Å². The molecule has 2 aliphatic carbocycles. The number of benzene rings is 6. The van der Waals surface area contributed by atoms with Gasteiger partial charge in [0.25, 0.3) is 0 Å². The number of aryl methyl sites for hydroxylation is 4. The van der Waals surface area contributed by atoms with Gasteiger partial charge in [-0.15, -0.1) is 34.0 Å². The molecule has 1 unspecified atom stereocenters. The van der Waals surface area contributed by atoms with Gasteiger partial charge in [0, 0.05) is 19.5 Å². The van der Waals surface area contributed by atoms with Crippen LogP contribution in [0, 0.1) is 6.92 Å². The van der Waals surface area contributed by atoms with Gasteiger partial charge in [-0.3, -0.25) is 0 Å². The largest absolute Gasteiger partial charge is 0.345 e. The summed E-state index contributed by atoms with van der Waals surface area (Å²) in [6.45, 7) is 11.6. The van der Waals surface area contributed by atoms with E-state index in [4.69, 9.17) is 18.9 Å². The molecule has 4 aliphatic rings. The third-order valence-electron chi connectivity index (χ3n) is 18.1. The summed E-state index contributed by atoms with van der Waals surface area (Å²) in [5.41, 5.74) is 20.0. The first-order valence-corrected chi connectivity index (χ1v) is 33.4. The van der Waals surface area contributed by atoms with Crippen LogP contribution >= 0.6 is 34.0 Å². The molecule has 3 aromatic heterocycles. The molecule has 5 heterocycles. The second-order valence-electron chi connectivity index (χ2n) is 23.5. The van der Waals surface area contributed by atoms with Crippen molar-refractivity contribution in [3.8, 4) is 41.8 Å². The van der Waals surface area contributed by atoms with Gasteiger partial charge in [0.15, 0.2) is 12.6 Å². The van der Waals surface area contributed by atoms with Crippen LogP contribution in [0.15, 0.2) is 158 Å². The number of fused-ring (bicyclic) bond motifs is 7. The molecule has 2 fully saturated rings. The Morgan fingerprint density at radius 3 is 1.09 bits per heavy atom. The zero-order chi connectivity index (χ0) is 55.6. The standard InChI is InChI=1S/C75H78O4S3/c1-5-8-11-14-17-51-22-32-57(33-23-51)74(56-30-20-50(4)21-31-56)62-48-54(64-40-42-66(80-64)72-76-44-45-77-72)28-38-60(62)70-68(74)69-71(82-70)61-39-29-55(65-41-43-67(81-65)73-78-46-47-79-73)49-63(61)75(69,58-34-24-52(25-35-58)18-15-12-9-6-2)59-36-26-53(27-37-59)19-16-13-10-7-3/h20-43,48-49,72-73H,5-19,44-47H2,1-4H3. The van der Waals surface area contributed by atoms with Crippen LogP contribution in [-0.2, 0) is 49.0 Å². The minimum absolute atomic E-state index is 0.312. The van der Waals surface area contributed by atoms with Gasteiger partial charge in [-0.1, -0.05) is 205 Å². The quantitative estimate of drug-likeness (QED) is 0.0598. The van der Waals surface area contributed by atoms with E-state index in [0.29, 0.717) is 26.4 Å². The Balaban J connectivity index is 1.09. The summed E-state index contributed by atoms with van der Waals surface area (Å²) in [4.78, 5) is 7.42. The minimum Gasteiger partial charge on any atom is -0.345 e.